The number of rotatable bonds is 12. The zero-order valence-electron chi connectivity index (χ0n) is 25.6. The van der Waals surface area contributed by atoms with Gasteiger partial charge in [0.05, 0.1) is 28.3 Å². The molecule has 5 nitrogen and oxygen atoms in total. The molecule has 41 heavy (non-hydrogen) atoms. The van der Waals surface area contributed by atoms with Gasteiger partial charge in [0.15, 0.2) is 0 Å². The molecule has 1 atom stereocenters. The lowest BCUT2D eigenvalue weighted by molar-refractivity contribution is 0.00388. The molecule has 0 radical (unpaired) electrons. The molecule has 0 aromatic carbocycles. The highest BCUT2D eigenvalue weighted by Gasteiger charge is 2.24. The van der Waals surface area contributed by atoms with Crippen molar-refractivity contribution in [3.8, 4) is 0 Å². The van der Waals surface area contributed by atoms with E-state index in [2.05, 4.69) is 98.8 Å². The Morgan fingerprint density at radius 2 is 1.32 bits per heavy atom. The Bertz CT molecular complexity index is 1590. The molecule has 0 amide bonds. The third-order valence-corrected chi connectivity index (χ3v) is 7.97. The number of nitrogens with zero attached hydrogens (tertiary/aromatic N) is 3. The molecule has 3 aromatic heterocycles. The molecule has 8 bridgehead atoms. The van der Waals surface area contributed by atoms with Gasteiger partial charge in [-0.1, -0.05) is 60.3 Å². The third kappa shape index (κ3) is 6.25. The second-order valence-corrected chi connectivity index (χ2v) is 11.2. The van der Waals surface area contributed by atoms with Crippen LogP contribution in [-0.2, 0) is 24.0 Å². The summed E-state index contributed by atoms with van der Waals surface area (Å²) < 4.78 is 9.23. The zero-order valence-corrected chi connectivity index (χ0v) is 25.6. The third-order valence-electron chi connectivity index (χ3n) is 7.97. The number of aromatic nitrogens is 4. The van der Waals surface area contributed by atoms with Crippen molar-refractivity contribution in [3.05, 3.63) is 69.8 Å². The maximum absolute atomic E-state index is 6.69. The van der Waals surface area contributed by atoms with E-state index in [1.165, 1.54) is 27.7 Å². The fourth-order valence-electron chi connectivity index (χ4n) is 6.13. The smallest absolute Gasteiger partial charge is 0.134 e. The van der Waals surface area contributed by atoms with Crippen molar-refractivity contribution in [1.29, 1.82) is 0 Å². The van der Waals surface area contributed by atoms with E-state index in [-0.39, 0.29) is 6.23 Å². The van der Waals surface area contributed by atoms with Crippen molar-refractivity contribution in [3.63, 3.8) is 0 Å². The number of unbranched alkanes of at least 4 members (excludes halogenated alkanes) is 1. The summed E-state index contributed by atoms with van der Waals surface area (Å²) in [5.41, 5.74) is 12.9. The molecule has 0 spiro atoms. The number of H-pyrrole nitrogens is 1. The van der Waals surface area contributed by atoms with Crippen LogP contribution in [0.1, 0.15) is 119 Å². The highest BCUT2D eigenvalue weighted by molar-refractivity contribution is 5.83. The van der Waals surface area contributed by atoms with E-state index < -0.39 is 0 Å². The summed E-state index contributed by atoms with van der Waals surface area (Å²) in [5.74, 6) is 0. The molecule has 0 fully saturated rings. The summed E-state index contributed by atoms with van der Waals surface area (Å²) in [6, 6.07) is 10.8. The van der Waals surface area contributed by atoms with Gasteiger partial charge in [-0.25, -0.2) is 9.97 Å². The van der Waals surface area contributed by atoms with Crippen molar-refractivity contribution in [2.45, 2.75) is 98.6 Å². The molecule has 5 heterocycles. The van der Waals surface area contributed by atoms with E-state index in [0.717, 1.165) is 98.2 Å². The van der Waals surface area contributed by atoms with E-state index in [1.54, 1.807) is 0 Å². The molecule has 3 aromatic rings. The van der Waals surface area contributed by atoms with Crippen LogP contribution in [0.2, 0.25) is 0 Å². The van der Waals surface area contributed by atoms with Gasteiger partial charge in [0.1, 0.15) is 6.23 Å². The largest absolute Gasteiger partial charge is 0.358 e. The van der Waals surface area contributed by atoms with Crippen LogP contribution in [0, 0.1) is 0 Å². The Morgan fingerprint density at radius 3 is 1.98 bits per heavy atom. The average Bonchev–Trinajstić information content (AvgIpc) is 3.76. The second kappa shape index (κ2) is 13.5. The highest BCUT2D eigenvalue weighted by atomic mass is 16.5. The maximum atomic E-state index is 6.69. The monoisotopic (exact) mass is 550 g/mol. The summed E-state index contributed by atoms with van der Waals surface area (Å²) >= 11 is 0. The molecule has 1 N–H and O–H groups in total. The lowest BCUT2D eigenvalue weighted by Crippen LogP contribution is -2.14. The van der Waals surface area contributed by atoms with Gasteiger partial charge in [0.2, 0.25) is 0 Å². The van der Waals surface area contributed by atoms with Crippen LogP contribution in [0.15, 0.2) is 30.3 Å². The Labute approximate surface area is 245 Å². The van der Waals surface area contributed by atoms with Gasteiger partial charge in [-0.2, -0.15) is 0 Å². The minimum absolute atomic E-state index is 0.0490. The van der Waals surface area contributed by atoms with Gasteiger partial charge in [-0.3, -0.25) is 0 Å². The first-order valence-corrected chi connectivity index (χ1v) is 15.8. The Hall–Kier alpha value is -3.44. The van der Waals surface area contributed by atoms with E-state index in [0.29, 0.717) is 0 Å². The molecule has 0 saturated heterocycles. The summed E-state index contributed by atoms with van der Waals surface area (Å²) in [4.78, 5) is 13.7. The SMILES string of the molecule is CCCCOC(CC)n1c2cc3nc(cc4ccc(cc5nc(c(CCC)c1c(CCC)c2CCC)C=C5)[nH]4)C=C3. The Balaban J connectivity index is 1.98. The van der Waals surface area contributed by atoms with Gasteiger partial charge in [0, 0.05) is 28.7 Å². The summed E-state index contributed by atoms with van der Waals surface area (Å²) in [6.07, 6.45) is 17.9. The molecule has 5 rings (SSSR count). The topological polar surface area (TPSA) is 55.7 Å². The minimum Gasteiger partial charge on any atom is -0.358 e. The van der Waals surface area contributed by atoms with Crippen LogP contribution < -0.4 is 0 Å². The lowest BCUT2D eigenvalue weighted by atomic mass is 9.98. The van der Waals surface area contributed by atoms with Crippen molar-refractivity contribution in [2.75, 3.05) is 6.61 Å². The quantitative estimate of drug-likeness (QED) is 0.157. The zero-order chi connectivity index (χ0) is 28.8. The summed E-state index contributed by atoms with van der Waals surface area (Å²) in [6.45, 7) is 12.1. The van der Waals surface area contributed by atoms with Crippen LogP contribution in [0.3, 0.4) is 0 Å². The maximum Gasteiger partial charge on any atom is 0.134 e. The van der Waals surface area contributed by atoms with Crippen LogP contribution in [0.5, 0.6) is 0 Å². The summed E-state index contributed by atoms with van der Waals surface area (Å²) in [5, 5.41) is 0. The predicted molar refractivity (Wildman–Crippen MR) is 175 cm³/mol. The molecule has 2 aliphatic heterocycles. The normalized spacial score (nSPS) is 13.3. The molecule has 0 aliphatic carbocycles. The molecular formula is C36H46N4O. The highest BCUT2D eigenvalue weighted by Crippen LogP contribution is 2.37. The molecule has 0 saturated carbocycles. The van der Waals surface area contributed by atoms with Crippen molar-refractivity contribution >= 4 is 46.4 Å². The van der Waals surface area contributed by atoms with E-state index in [9.17, 15) is 0 Å². The number of fused-ring (bicyclic) bond motifs is 8. The number of aromatic amines is 1. The minimum atomic E-state index is -0.0490. The standard InChI is InChI=1S/C36H46N4O/c1-6-11-21-41-35(10-5)40-34-24-29-18-17-26(38-29)22-25-15-16-27(37-25)23-28-19-20-33(39-28)32(14-9-4)36(40)31(13-8-3)30(34)12-7-2/h15-20,22-24,35,37H,6-14,21H2,1-5H3. The van der Waals surface area contributed by atoms with E-state index in [4.69, 9.17) is 14.7 Å². The van der Waals surface area contributed by atoms with E-state index in [1.807, 2.05) is 0 Å². The van der Waals surface area contributed by atoms with Crippen LogP contribution in [-0.4, -0.2) is 26.1 Å². The van der Waals surface area contributed by atoms with Gasteiger partial charge in [-0.05, 0) is 97.9 Å². The first-order valence-electron chi connectivity index (χ1n) is 15.8. The number of hydrogen-bond acceptors (Lipinski definition) is 3. The average molecular weight is 551 g/mol. The Morgan fingerprint density at radius 1 is 0.707 bits per heavy atom. The lowest BCUT2D eigenvalue weighted by Gasteiger charge is -2.22. The Kier molecular flexibility index (Phi) is 9.56. The number of nitrogens with one attached hydrogen (secondary N) is 1. The summed E-state index contributed by atoms with van der Waals surface area (Å²) in [7, 11) is 0. The van der Waals surface area contributed by atoms with Gasteiger partial charge >= 0.3 is 0 Å². The van der Waals surface area contributed by atoms with Crippen molar-refractivity contribution in [2.24, 2.45) is 0 Å². The fraction of sp³-hybridized carbons (Fsp3) is 0.444. The van der Waals surface area contributed by atoms with Gasteiger partial charge < -0.3 is 14.3 Å². The van der Waals surface area contributed by atoms with Crippen LogP contribution in [0.25, 0.3) is 46.4 Å². The molecular weight excluding hydrogens is 504 g/mol. The molecule has 2 aliphatic rings. The number of hydrogen-bond donors (Lipinski definition) is 1. The van der Waals surface area contributed by atoms with Gasteiger partial charge in [-0.15, -0.1) is 0 Å². The fourth-order valence-corrected chi connectivity index (χ4v) is 6.13. The molecule has 5 heteroatoms. The van der Waals surface area contributed by atoms with Crippen LogP contribution >= 0.6 is 0 Å². The number of aryl methyl sites for hydroxylation is 3. The van der Waals surface area contributed by atoms with Gasteiger partial charge in [0.25, 0.3) is 0 Å². The van der Waals surface area contributed by atoms with Crippen molar-refractivity contribution in [1.82, 2.24) is 19.5 Å². The van der Waals surface area contributed by atoms with Crippen molar-refractivity contribution < 1.29 is 4.74 Å². The molecule has 1 unspecified atom stereocenters. The number of ether oxygens (including phenoxy) is 1. The van der Waals surface area contributed by atoms with E-state index >= 15 is 0 Å². The first kappa shape index (κ1) is 29.1. The molecule has 216 valence electrons. The second-order valence-electron chi connectivity index (χ2n) is 11.2. The predicted octanol–water partition coefficient (Wildman–Crippen LogP) is 9.71. The van der Waals surface area contributed by atoms with Crippen LogP contribution in [0.4, 0.5) is 0 Å². The first-order chi connectivity index (χ1) is 20.1.